The standard InChI is InChI=1S/C23H29ClN2O2/c1-2-3-14-26-21-13-7-5-4-6-10-17(21)15-19(23(26)28)22(27)25-16-18-11-8-9-12-20(18)24/h8-9,11-12,15H,2-7,10,13-14,16H2,1H3,(H,25,27). The molecule has 4 nitrogen and oxygen atoms in total. The molecule has 1 heterocycles. The topological polar surface area (TPSA) is 51.1 Å². The second-order valence-corrected chi connectivity index (χ2v) is 7.94. The normalized spacial score (nSPS) is 14.1. The summed E-state index contributed by atoms with van der Waals surface area (Å²) in [5.74, 6) is -0.319. The zero-order valence-electron chi connectivity index (χ0n) is 16.6. The van der Waals surface area contributed by atoms with Crippen LogP contribution in [0.3, 0.4) is 0 Å². The molecule has 5 heteroatoms. The average molecular weight is 401 g/mol. The van der Waals surface area contributed by atoms with Gasteiger partial charge in [0.05, 0.1) is 0 Å². The zero-order chi connectivity index (χ0) is 19.9. The van der Waals surface area contributed by atoms with Gasteiger partial charge in [0.2, 0.25) is 0 Å². The molecule has 1 aliphatic carbocycles. The largest absolute Gasteiger partial charge is 0.348 e. The van der Waals surface area contributed by atoms with Crippen molar-refractivity contribution in [3.8, 4) is 0 Å². The number of pyridine rings is 1. The fourth-order valence-electron chi connectivity index (χ4n) is 3.86. The average Bonchev–Trinajstić information content (AvgIpc) is 2.67. The van der Waals surface area contributed by atoms with Crippen LogP contribution in [0.25, 0.3) is 0 Å². The van der Waals surface area contributed by atoms with Crippen LogP contribution in [0.5, 0.6) is 0 Å². The Balaban J connectivity index is 1.90. The van der Waals surface area contributed by atoms with Gasteiger partial charge in [0.25, 0.3) is 11.5 Å². The predicted octanol–water partition coefficient (Wildman–Crippen LogP) is 4.89. The van der Waals surface area contributed by atoms with Crippen molar-refractivity contribution in [2.45, 2.75) is 71.4 Å². The Morgan fingerprint density at radius 1 is 1.14 bits per heavy atom. The van der Waals surface area contributed by atoms with E-state index >= 15 is 0 Å². The highest BCUT2D eigenvalue weighted by Gasteiger charge is 2.20. The number of amides is 1. The third-order valence-corrected chi connectivity index (χ3v) is 5.85. The van der Waals surface area contributed by atoms with Crippen LogP contribution in [-0.2, 0) is 25.9 Å². The molecule has 1 aromatic carbocycles. The molecule has 150 valence electrons. The number of carbonyl (C=O) groups is 1. The predicted molar refractivity (Wildman–Crippen MR) is 114 cm³/mol. The van der Waals surface area contributed by atoms with E-state index in [1.165, 1.54) is 18.4 Å². The van der Waals surface area contributed by atoms with Gasteiger partial charge in [0, 0.05) is 23.8 Å². The molecule has 2 aromatic rings. The number of aromatic nitrogens is 1. The minimum atomic E-state index is -0.319. The number of rotatable bonds is 6. The van der Waals surface area contributed by atoms with E-state index in [1.807, 2.05) is 28.8 Å². The van der Waals surface area contributed by atoms with Crippen molar-refractivity contribution in [2.75, 3.05) is 0 Å². The van der Waals surface area contributed by atoms with E-state index in [0.717, 1.165) is 49.8 Å². The molecule has 1 amide bonds. The quantitative estimate of drug-likeness (QED) is 0.750. The fraction of sp³-hybridized carbons (Fsp3) is 0.478. The highest BCUT2D eigenvalue weighted by Crippen LogP contribution is 2.21. The summed E-state index contributed by atoms with van der Waals surface area (Å²) in [4.78, 5) is 26.0. The van der Waals surface area contributed by atoms with Crippen LogP contribution in [0.15, 0.2) is 35.1 Å². The van der Waals surface area contributed by atoms with Gasteiger partial charge in [0.1, 0.15) is 5.56 Å². The summed E-state index contributed by atoms with van der Waals surface area (Å²) in [5, 5.41) is 3.49. The number of aryl methyl sites for hydroxylation is 1. The van der Waals surface area contributed by atoms with Crippen molar-refractivity contribution < 1.29 is 4.79 Å². The van der Waals surface area contributed by atoms with E-state index in [9.17, 15) is 9.59 Å². The van der Waals surface area contributed by atoms with E-state index in [0.29, 0.717) is 18.1 Å². The summed E-state index contributed by atoms with van der Waals surface area (Å²) >= 11 is 6.18. The van der Waals surface area contributed by atoms with Gasteiger partial charge in [-0.1, -0.05) is 56.0 Å². The SMILES string of the molecule is CCCCn1c2c(cc(C(=O)NCc3ccccc3Cl)c1=O)CCCCCC2. The van der Waals surface area contributed by atoms with E-state index in [-0.39, 0.29) is 17.0 Å². The van der Waals surface area contributed by atoms with E-state index in [2.05, 4.69) is 12.2 Å². The zero-order valence-corrected chi connectivity index (χ0v) is 17.4. The van der Waals surface area contributed by atoms with Crippen molar-refractivity contribution in [1.82, 2.24) is 9.88 Å². The summed E-state index contributed by atoms with van der Waals surface area (Å²) in [7, 11) is 0. The maximum atomic E-state index is 13.1. The van der Waals surface area contributed by atoms with Crippen molar-refractivity contribution in [1.29, 1.82) is 0 Å². The van der Waals surface area contributed by atoms with Crippen molar-refractivity contribution in [3.63, 3.8) is 0 Å². The highest BCUT2D eigenvalue weighted by atomic mass is 35.5. The second kappa shape index (κ2) is 9.92. The number of hydrogen-bond donors (Lipinski definition) is 1. The maximum Gasteiger partial charge on any atom is 0.263 e. The molecule has 0 aliphatic heterocycles. The number of hydrogen-bond acceptors (Lipinski definition) is 2. The molecule has 1 N–H and O–H groups in total. The Morgan fingerprint density at radius 2 is 1.89 bits per heavy atom. The van der Waals surface area contributed by atoms with Crippen LogP contribution in [0.4, 0.5) is 0 Å². The van der Waals surface area contributed by atoms with Gasteiger partial charge in [-0.25, -0.2) is 0 Å². The molecular weight excluding hydrogens is 372 g/mol. The van der Waals surface area contributed by atoms with Crippen LogP contribution in [-0.4, -0.2) is 10.5 Å². The monoisotopic (exact) mass is 400 g/mol. The first-order chi connectivity index (χ1) is 13.6. The fourth-order valence-corrected chi connectivity index (χ4v) is 4.06. The molecule has 0 unspecified atom stereocenters. The van der Waals surface area contributed by atoms with Gasteiger partial charge in [-0.3, -0.25) is 9.59 Å². The van der Waals surface area contributed by atoms with E-state index in [1.54, 1.807) is 6.07 Å². The molecule has 1 aliphatic rings. The van der Waals surface area contributed by atoms with Crippen LogP contribution >= 0.6 is 11.6 Å². The number of carbonyl (C=O) groups excluding carboxylic acids is 1. The molecule has 28 heavy (non-hydrogen) atoms. The van der Waals surface area contributed by atoms with Gasteiger partial charge in [0.15, 0.2) is 0 Å². The molecule has 0 fully saturated rings. The Hall–Kier alpha value is -2.07. The van der Waals surface area contributed by atoms with Crippen molar-refractivity contribution in [2.24, 2.45) is 0 Å². The minimum absolute atomic E-state index is 0.163. The molecule has 3 rings (SSSR count). The first kappa shape index (κ1) is 20.7. The number of fused-ring (bicyclic) bond motifs is 1. The lowest BCUT2D eigenvalue weighted by atomic mass is 9.95. The number of nitrogens with one attached hydrogen (secondary N) is 1. The van der Waals surface area contributed by atoms with Crippen LogP contribution in [0, 0.1) is 0 Å². The summed E-state index contributed by atoms with van der Waals surface area (Å²) < 4.78 is 1.87. The summed E-state index contributed by atoms with van der Waals surface area (Å²) in [6, 6.07) is 9.26. The van der Waals surface area contributed by atoms with Crippen molar-refractivity contribution >= 4 is 17.5 Å². The second-order valence-electron chi connectivity index (χ2n) is 7.53. The molecular formula is C23H29ClN2O2. The lowest BCUT2D eigenvalue weighted by molar-refractivity contribution is 0.0948. The lowest BCUT2D eigenvalue weighted by Crippen LogP contribution is -2.35. The maximum absolute atomic E-state index is 13.1. The van der Waals surface area contributed by atoms with Crippen LogP contribution < -0.4 is 10.9 Å². The molecule has 0 bridgehead atoms. The molecule has 0 atom stereocenters. The lowest BCUT2D eigenvalue weighted by Gasteiger charge is -2.21. The number of nitrogens with zero attached hydrogens (tertiary/aromatic N) is 1. The Morgan fingerprint density at radius 3 is 2.64 bits per heavy atom. The third kappa shape index (κ3) is 4.85. The first-order valence-corrected chi connectivity index (χ1v) is 10.8. The Bertz CT molecular complexity index is 889. The Kier molecular flexibility index (Phi) is 7.32. The van der Waals surface area contributed by atoms with Crippen LogP contribution in [0.1, 0.15) is 72.6 Å². The van der Waals surface area contributed by atoms with E-state index < -0.39 is 0 Å². The smallest absolute Gasteiger partial charge is 0.263 e. The van der Waals surface area contributed by atoms with Gasteiger partial charge >= 0.3 is 0 Å². The number of halogens is 1. The van der Waals surface area contributed by atoms with E-state index in [4.69, 9.17) is 11.6 Å². The molecule has 0 saturated heterocycles. The van der Waals surface area contributed by atoms with Crippen molar-refractivity contribution in [3.05, 3.63) is 68.1 Å². The molecule has 1 aromatic heterocycles. The Labute approximate surface area is 171 Å². The third-order valence-electron chi connectivity index (χ3n) is 5.48. The summed E-state index contributed by atoms with van der Waals surface area (Å²) in [6.45, 7) is 3.11. The van der Waals surface area contributed by atoms with Gasteiger partial charge in [-0.05, 0) is 55.4 Å². The van der Waals surface area contributed by atoms with Gasteiger partial charge in [-0.15, -0.1) is 0 Å². The highest BCUT2D eigenvalue weighted by molar-refractivity contribution is 6.31. The minimum Gasteiger partial charge on any atom is -0.348 e. The summed E-state index contributed by atoms with van der Waals surface area (Å²) in [6.07, 6.45) is 8.46. The molecule has 0 radical (unpaired) electrons. The molecule has 0 spiro atoms. The van der Waals surface area contributed by atoms with Gasteiger partial charge < -0.3 is 9.88 Å². The molecule has 0 saturated carbocycles. The summed E-state index contributed by atoms with van der Waals surface area (Å²) in [5.41, 5.74) is 3.24. The number of benzene rings is 1. The first-order valence-electron chi connectivity index (χ1n) is 10.4. The van der Waals surface area contributed by atoms with Gasteiger partial charge in [-0.2, -0.15) is 0 Å². The number of unbranched alkanes of at least 4 members (excludes halogenated alkanes) is 1. The van der Waals surface area contributed by atoms with Crippen LogP contribution in [0.2, 0.25) is 5.02 Å².